The highest BCUT2D eigenvalue weighted by atomic mass is 32.2. The van der Waals surface area contributed by atoms with Crippen molar-refractivity contribution < 1.29 is 4.79 Å². The highest BCUT2D eigenvalue weighted by Crippen LogP contribution is 2.47. The molecular formula is C20H19N5OS2. The van der Waals surface area contributed by atoms with Gasteiger partial charge in [-0.1, -0.05) is 52.9 Å². The summed E-state index contributed by atoms with van der Waals surface area (Å²) in [6.07, 6.45) is 3.90. The Kier molecular flexibility index (Phi) is 4.96. The molecule has 1 aliphatic carbocycles. The molecule has 0 fully saturated rings. The maximum Gasteiger partial charge on any atom is 0.219 e. The van der Waals surface area contributed by atoms with Crippen LogP contribution in [-0.4, -0.2) is 22.2 Å². The van der Waals surface area contributed by atoms with Crippen molar-refractivity contribution in [3.8, 4) is 6.07 Å². The first-order chi connectivity index (χ1) is 13.5. The number of Topliss-reactive ketones (excluding diaryl/α,β-unsaturated/α-hetero) is 1. The van der Waals surface area contributed by atoms with Crippen LogP contribution in [0.2, 0.25) is 0 Å². The lowest BCUT2D eigenvalue weighted by molar-refractivity contribution is -0.116. The van der Waals surface area contributed by atoms with Crippen LogP contribution in [-0.2, 0) is 4.79 Å². The quantitative estimate of drug-likeness (QED) is 0.769. The van der Waals surface area contributed by atoms with Gasteiger partial charge >= 0.3 is 0 Å². The van der Waals surface area contributed by atoms with E-state index in [2.05, 4.69) is 16.3 Å². The number of nitrogens with two attached hydrogens (primary N) is 1. The predicted molar refractivity (Wildman–Crippen MR) is 111 cm³/mol. The molecular weight excluding hydrogens is 390 g/mol. The van der Waals surface area contributed by atoms with E-state index >= 15 is 0 Å². The second-order valence-corrected chi connectivity index (χ2v) is 8.79. The molecule has 1 atom stereocenters. The van der Waals surface area contributed by atoms with Crippen molar-refractivity contribution in [2.75, 3.05) is 11.2 Å². The van der Waals surface area contributed by atoms with Crippen LogP contribution in [0, 0.1) is 18.3 Å². The Hall–Kier alpha value is -2.63. The third-order valence-corrected chi connectivity index (χ3v) is 6.93. The maximum atomic E-state index is 13.0. The Morgan fingerprint density at radius 3 is 2.86 bits per heavy atom. The van der Waals surface area contributed by atoms with Crippen LogP contribution in [0.25, 0.3) is 0 Å². The van der Waals surface area contributed by atoms with E-state index in [4.69, 9.17) is 5.73 Å². The molecule has 1 aliphatic heterocycles. The molecule has 28 heavy (non-hydrogen) atoms. The van der Waals surface area contributed by atoms with E-state index in [0.717, 1.165) is 34.0 Å². The number of nitriles is 1. The average Bonchev–Trinajstić information content (AvgIpc) is 3.16. The van der Waals surface area contributed by atoms with E-state index in [1.54, 1.807) is 4.90 Å². The van der Waals surface area contributed by atoms with E-state index in [1.165, 1.54) is 23.1 Å². The SMILES string of the molecule is CSc1nnc(N2C(N)=C(C#N)C(c3cccc(C)c3)C3=C2CCCC3=O)s1. The third-order valence-electron chi connectivity index (χ3n) is 5.05. The van der Waals surface area contributed by atoms with Gasteiger partial charge in [-0.2, -0.15) is 5.26 Å². The molecule has 8 heteroatoms. The van der Waals surface area contributed by atoms with Gasteiger partial charge < -0.3 is 5.73 Å². The number of carbonyl (C=O) groups excluding carboxylic acids is 1. The molecule has 2 heterocycles. The van der Waals surface area contributed by atoms with Crippen molar-refractivity contribution in [1.82, 2.24) is 10.2 Å². The van der Waals surface area contributed by atoms with Crippen LogP contribution in [0.3, 0.4) is 0 Å². The average molecular weight is 410 g/mol. The molecule has 1 unspecified atom stereocenters. The Balaban J connectivity index is 1.95. The van der Waals surface area contributed by atoms with Gasteiger partial charge in [0.2, 0.25) is 5.13 Å². The molecule has 0 spiro atoms. The molecule has 0 amide bonds. The zero-order valence-electron chi connectivity index (χ0n) is 15.6. The molecule has 0 saturated heterocycles. The lowest BCUT2D eigenvalue weighted by Crippen LogP contribution is -2.38. The normalized spacial score (nSPS) is 19.7. The molecule has 2 N–H and O–H groups in total. The maximum absolute atomic E-state index is 13.0. The number of anilines is 1. The molecule has 0 saturated carbocycles. The number of carbonyl (C=O) groups is 1. The molecule has 2 aromatic rings. The molecule has 4 rings (SSSR count). The van der Waals surface area contributed by atoms with E-state index in [-0.39, 0.29) is 5.78 Å². The second kappa shape index (κ2) is 7.41. The van der Waals surface area contributed by atoms with Crippen molar-refractivity contribution in [3.63, 3.8) is 0 Å². The summed E-state index contributed by atoms with van der Waals surface area (Å²) in [7, 11) is 0. The van der Waals surface area contributed by atoms with Gasteiger partial charge in [0.15, 0.2) is 10.1 Å². The number of hydrogen-bond acceptors (Lipinski definition) is 8. The van der Waals surface area contributed by atoms with Gasteiger partial charge in [-0.05, 0) is 31.6 Å². The largest absolute Gasteiger partial charge is 0.384 e. The summed E-state index contributed by atoms with van der Waals surface area (Å²) in [4.78, 5) is 14.8. The standard InChI is InChI=1S/C20H19N5OS2/c1-11-5-3-6-12(9-11)16-13(10-21)18(22)25(19-23-24-20(27-2)28-19)14-7-4-8-15(26)17(14)16/h3,5-6,9,16H,4,7-8,22H2,1-2H3. The van der Waals surface area contributed by atoms with E-state index in [0.29, 0.717) is 28.5 Å². The lowest BCUT2D eigenvalue weighted by Gasteiger charge is -2.38. The first kappa shape index (κ1) is 18.7. The second-order valence-electron chi connectivity index (χ2n) is 6.79. The number of aromatic nitrogens is 2. The summed E-state index contributed by atoms with van der Waals surface area (Å²) in [5.74, 6) is -0.0178. The Bertz CT molecular complexity index is 1060. The fourth-order valence-electron chi connectivity index (χ4n) is 3.86. The number of thioether (sulfide) groups is 1. The fourth-order valence-corrected chi connectivity index (χ4v) is 5.16. The van der Waals surface area contributed by atoms with E-state index in [9.17, 15) is 10.1 Å². The zero-order chi connectivity index (χ0) is 19.8. The third kappa shape index (κ3) is 3.01. The number of hydrogen-bond donors (Lipinski definition) is 1. The fraction of sp³-hybridized carbons (Fsp3) is 0.300. The van der Waals surface area contributed by atoms with Crippen molar-refractivity contribution in [2.45, 2.75) is 36.4 Å². The van der Waals surface area contributed by atoms with Crippen LogP contribution >= 0.6 is 23.1 Å². The van der Waals surface area contributed by atoms with Crippen LogP contribution in [0.15, 0.2) is 51.3 Å². The first-order valence-corrected chi connectivity index (χ1v) is 11.0. The number of aryl methyl sites for hydroxylation is 1. The Morgan fingerprint density at radius 1 is 1.36 bits per heavy atom. The van der Waals surface area contributed by atoms with Gasteiger partial charge in [-0.15, -0.1) is 10.2 Å². The summed E-state index contributed by atoms with van der Waals surface area (Å²) in [6.45, 7) is 2.00. The summed E-state index contributed by atoms with van der Waals surface area (Å²) in [6, 6.07) is 10.2. The van der Waals surface area contributed by atoms with Gasteiger partial charge in [0.25, 0.3) is 0 Å². The van der Waals surface area contributed by atoms with Gasteiger partial charge in [-0.25, -0.2) is 0 Å². The highest BCUT2D eigenvalue weighted by molar-refractivity contribution is 8.00. The van der Waals surface area contributed by atoms with Crippen LogP contribution in [0.4, 0.5) is 5.13 Å². The number of nitrogens with zero attached hydrogens (tertiary/aromatic N) is 4. The molecule has 2 aliphatic rings. The number of allylic oxidation sites excluding steroid dienone is 3. The van der Waals surface area contributed by atoms with Gasteiger partial charge in [0.1, 0.15) is 5.82 Å². The Labute approximate surface area is 171 Å². The number of ketones is 1. The minimum Gasteiger partial charge on any atom is -0.384 e. The smallest absolute Gasteiger partial charge is 0.219 e. The monoisotopic (exact) mass is 409 g/mol. The minimum atomic E-state index is -0.433. The molecule has 6 nitrogen and oxygen atoms in total. The lowest BCUT2D eigenvalue weighted by atomic mass is 9.75. The highest BCUT2D eigenvalue weighted by Gasteiger charge is 2.41. The topological polar surface area (TPSA) is 95.9 Å². The van der Waals surface area contributed by atoms with Crippen LogP contribution < -0.4 is 10.6 Å². The Morgan fingerprint density at radius 2 is 2.18 bits per heavy atom. The zero-order valence-corrected chi connectivity index (χ0v) is 17.2. The van der Waals surface area contributed by atoms with Gasteiger partial charge in [-0.3, -0.25) is 9.69 Å². The summed E-state index contributed by atoms with van der Waals surface area (Å²) >= 11 is 2.91. The van der Waals surface area contributed by atoms with Crippen molar-refractivity contribution in [3.05, 3.63) is 58.1 Å². The van der Waals surface area contributed by atoms with Crippen LogP contribution in [0.5, 0.6) is 0 Å². The molecule has 142 valence electrons. The summed E-state index contributed by atoms with van der Waals surface area (Å²) < 4.78 is 0.811. The van der Waals surface area contributed by atoms with Crippen molar-refractivity contribution in [1.29, 1.82) is 5.26 Å². The molecule has 1 aromatic heterocycles. The summed E-state index contributed by atoms with van der Waals surface area (Å²) in [5.41, 5.74) is 10.4. The molecule has 1 aromatic carbocycles. The molecule has 0 radical (unpaired) electrons. The number of benzene rings is 1. The number of rotatable bonds is 3. The first-order valence-electron chi connectivity index (χ1n) is 8.95. The van der Waals surface area contributed by atoms with Gasteiger partial charge in [0.05, 0.1) is 17.6 Å². The molecule has 0 bridgehead atoms. The van der Waals surface area contributed by atoms with Crippen LogP contribution in [0.1, 0.15) is 36.3 Å². The van der Waals surface area contributed by atoms with E-state index in [1.807, 2.05) is 37.4 Å². The van der Waals surface area contributed by atoms with Gasteiger partial charge in [0, 0.05) is 17.7 Å². The van der Waals surface area contributed by atoms with E-state index < -0.39 is 5.92 Å². The van der Waals surface area contributed by atoms with Crippen molar-refractivity contribution >= 4 is 34.0 Å². The van der Waals surface area contributed by atoms with Crippen molar-refractivity contribution in [2.24, 2.45) is 5.73 Å². The predicted octanol–water partition coefficient (Wildman–Crippen LogP) is 3.87. The summed E-state index contributed by atoms with van der Waals surface area (Å²) in [5, 5.41) is 19.0. The minimum absolute atomic E-state index is 0.0765.